The SMILES string of the molecule is CC[C@@H](C(N)=O)N1CC(CO)CC1=O. The van der Waals surface area contributed by atoms with Crippen molar-refractivity contribution in [2.24, 2.45) is 11.7 Å². The van der Waals surface area contributed by atoms with Gasteiger partial charge in [-0.2, -0.15) is 0 Å². The number of nitrogens with zero attached hydrogens (tertiary/aromatic N) is 1. The summed E-state index contributed by atoms with van der Waals surface area (Å²) >= 11 is 0. The molecule has 0 aromatic heterocycles. The number of carbonyl (C=O) groups excluding carboxylic acids is 2. The second-order valence-electron chi connectivity index (χ2n) is 3.63. The highest BCUT2D eigenvalue weighted by Gasteiger charge is 2.35. The third kappa shape index (κ3) is 2.04. The van der Waals surface area contributed by atoms with Crippen molar-refractivity contribution in [3.8, 4) is 0 Å². The Labute approximate surface area is 82.9 Å². The molecule has 3 N–H and O–H groups in total. The van der Waals surface area contributed by atoms with E-state index in [2.05, 4.69) is 0 Å². The first-order valence-corrected chi connectivity index (χ1v) is 4.79. The van der Waals surface area contributed by atoms with Crippen LogP contribution in [0, 0.1) is 5.92 Å². The summed E-state index contributed by atoms with van der Waals surface area (Å²) < 4.78 is 0. The van der Waals surface area contributed by atoms with Crippen molar-refractivity contribution in [3.05, 3.63) is 0 Å². The standard InChI is InChI=1S/C9H16N2O3/c1-2-7(9(10)14)11-4-6(5-12)3-8(11)13/h6-7,12H,2-5H2,1H3,(H2,10,14)/t6?,7-/m0/s1. The number of rotatable bonds is 4. The number of aliphatic hydroxyl groups excluding tert-OH is 1. The molecule has 1 rings (SSSR count). The zero-order chi connectivity index (χ0) is 10.7. The number of likely N-dealkylation sites (tertiary alicyclic amines) is 1. The lowest BCUT2D eigenvalue weighted by Gasteiger charge is -2.24. The lowest BCUT2D eigenvalue weighted by atomic mass is 10.1. The van der Waals surface area contributed by atoms with Crippen molar-refractivity contribution in [2.75, 3.05) is 13.2 Å². The summed E-state index contributed by atoms with van der Waals surface area (Å²) in [7, 11) is 0. The molecule has 5 heteroatoms. The first kappa shape index (κ1) is 11.0. The van der Waals surface area contributed by atoms with E-state index in [1.54, 1.807) is 0 Å². The van der Waals surface area contributed by atoms with Crippen LogP contribution in [0.3, 0.4) is 0 Å². The van der Waals surface area contributed by atoms with Gasteiger partial charge in [-0.15, -0.1) is 0 Å². The van der Waals surface area contributed by atoms with E-state index in [0.29, 0.717) is 19.4 Å². The fourth-order valence-electron chi connectivity index (χ4n) is 1.81. The van der Waals surface area contributed by atoms with Crippen LogP contribution in [0.25, 0.3) is 0 Å². The number of aliphatic hydroxyl groups is 1. The van der Waals surface area contributed by atoms with Crippen molar-refractivity contribution in [1.82, 2.24) is 4.90 Å². The van der Waals surface area contributed by atoms with Gasteiger partial charge in [0.05, 0.1) is 0 Å². The Balaban J connectivity index is 2.68. The van der Waals surface area contributed by atoms with E-state index in [0.717, 1.165) is 0 Å². The summed E-state index contributed by atoms with van der Waals surface area (Å²) in [4.78, 5) is 24.0. The Morgan fingerprint density at radius 2 is 2.43 bits per heavy atom. The number of hydrogen-bond acceptors (Lipinski definition) is 3. The van der Waals surface area contributed by atoms with E-state index in [4.69, 9.17) is 10.8 Å². The minimum atomic E-state index is -0.515. The minimum absolute atomic E-state index is 0.0164. The van der Waals surface area contributed by atoms with Crippen molar-refractivity contribution >= 4 is 11.8 Å². The van der Waals surface area contributed by atoms with Crippen molar-refractivity contribution in [1.29, 1.82) is 0 Å². The second kappa shape index (κ2) is 4.41. The predicted molar refractivity (Wildman–Crippen MR) is 50.2 cm³/mol. The van der Waals surface area contributed by atoms with E-state index in [-0.39, 0.29) is 18.4 Å². The number of hydrogen-bond donors (Lipinski definition) is 2. The molecule has 0 radical (unpaired) electrons. The quantitative estimate of drug-likeness (QED) is 0.616. The van der Waals surface area contributed by atoms with Crippen LogP contribution in [-0.2, 0) is 9.59 Å². The lowest BCUT2D eigenvalue weighted by Crippen LogP contribution is -2.45. The molecule has 5 nitrogen and oxygen atoms in total. The maximum absolute atomic E-state index is 11.5. The van der Waals surface area contributed by atoms with E-state index in [9.17, 15) is 9.59 Å². The van der Waals surface area contributed by atoms with E-state index < -0.39 is 11.9 Å². The van der Waals surface area contributed by atoms with Gasteiger partial charge in [-0.25, -0.2) is 0 Å². The topological polar surface area (TPSA) is 83.6 Å². The Kier molecular flexibility index (Phi) is 3.46. The van der Waals surface area contributed by atoms with Crippen LogP contribution in [0.1, 0.15) is 19.8 Å². The van der Waals surface area contributed by atoms with Crippen LogP contribution in [0.4, 0.5) is 0 Å². The molecule has 0 spiro atoms. The van der Waals surface area contributed by atoms with Crippen LogP contribution >= 0.6 is 0 Å². The normalized spacial score (nSPS) is 24.0. The smallest absolute Gasteiger partial charge is 0.240 e. The monoisotopic (exact) mass is 200 g/mol. The molecule has 1 fully saturated rings. The molecular formula is C9H16N2O3. The van der Waals surface area contributed by atoms with Gasteiger partial charge in [-0.05, 0) is 6.42 Å². The summed E-state index contributed by atoms with van der Waals surface area (Å²) in [6.45, 7) is 2.24. The highest BCUT2D eigenvalue weighted by atomic mass is 16.3. The molecular weight excluding hydrogens is 184 g/mol. The highest BCUT2D eigenvalue weighted by molar-refractivity contribution is 5.87. The Morgan fingerprint density at radius 3 is 2.79 bits per heavy atom. The third-order valence-corrected chi connectivity index (χ3v) is 2.59. The summed E-state index contributed by atoms with van der Waals surface area (Å²) in [5.74, 6) is -0.606. The largest absolute Gasteiger partial charge is 0.396 e. The molecule has 0 bridgehead atoms. The van der Waals surface area contributed by atoms with Gasteiger partial charge in [0.1, 0.15) is 6.04 Å². The molecule has 0 aliphatic carbocycles. The second-order valence-corrected chi connectivity index (χ2v) is 3.63. The number of primary amides is 1. The summed E-state index contributed by atoms with van der Waals surface area (Å²) in [5, 5.41) is 8.90. The van der Waals surface area contributed by atoms with Gasteiger partial charge >= 0.3 is 0 Å². The number of nitrogens with two attached hydrogens (primary N) is 1. The maximum atomic E-state index is 11.5. The zero-order valence-electron chi connectivity index (χ0n) is 8.27. The zero-order valence-corrected chi connectivity index (χ0v) is 8.27. The van der Waals surface area contributed by atoms with E-state index in [1.807, 2.05) is 6.92 Å². The Morgan fingerprint density at radius 1 is 1.79 bits per heavy atom. The average Bonchev–Trinajstić information content (AvgIpc) is 2.48. The summed E-state index contributed by atoms with van der Waals surface area (Å²) in [5.41, 5.74) is 5.18. The fraction of sp³-hybridized carbons (Fsp3) is 0.778. The molecule has 0 saturated carbocycles. The van der Waals surface area contributed by atoms with Crippen LogP contribution < -0.4 is 5.73 Å². The summed E-state index contributed by atoms with van der Waals surface area (Å²) in [6, 6.07) is -0.515. The van der Waals surface area contributed by atoms with Crippen LogP contribution in [0.2, 0.25) is 0 Å². The molecule has 80 valence electrons. The van der Waals surface area contributed by atoms with Gasteiger partial charge in [-0.3, -0.25) is 9.59 Å². The van der Waals surface area contributed by atoms with Gasteiger partial charge in [-0.1, -0.05) is 6.92 Å². The van der Waals surface area contributed by atoms with Crippen LogP contribution in [0.15, 0.2) is 0 Å². The number of amides is 2. The lowest BCUT2D eigenvalue weighted by molar-refractivity contribution is -0.136. The fourth-order valence-corrected chi connectivity index (χ4v) is 1.81. The molecule has 2 atom stereocenters. The molecule has 1 heterocycles. The van der Waals surface area contributed by atoms with Gasteiger partial charge in [0.25, 0.3) is 0 Å². The van der Waals surface area contributed by atoms with Crippen LogP contribution in [0.5, 0.6) is 0 Å². The van der Waals surface area contributed by atoms with E-state index >= 15 is 0 Å². The highest BCUT2D eigenvalue weighted by Crippen LogP contribution is 2.20. The first-order chi connectivity index (χ1) is 6.60. The predicted octanol–water partition coefficient (Wildman–Crippen LogP) is -0.909. The minimum Gasteiger partial charge on any atom is -0.396 e. The molecule has 0 aromatic rings. The average molecular weight is 200 g/mol. The van der Waals surface area contributed by atoms with Crippen molar-refractivity contribution < 1.29 is 14.7 Å². The third-order valence-electron chi connectivity index (χ3n) is 2.59. The van der Waals surface area contributed by atoms with E-state index in [1.165, 1.54) is 4.90 Å². The van der Waals surface area contributed by atoms with Crippen molar-refractivity contribution in [3.63, 3.8) is 0 Å². The molecule has 1 saturated heterocycles. The van der Waals surface area contributed by atoms with Gasteiger partial charge in [0.2, 0.25) is 11.8 Å². The number of carbonyl (C=O) groups is 2. The first-order valence-electron chi connectivity index (χ1n) is 4.79. The molecule has 1 unspecified atom stereocenters. The van der Waals surface area contributed by atoms with Crippen LogP contribution in [-0.4, -0.2) is 41.0 Å². The van der Waals surface area contributed by atoms with Gasteiger partial charge < -0.3 is 15.7 Å². The molecule has 2 amide bonds. The molecule has 0 aromatic carbocycles. The molecule has 1 aliphatic rings. The van der Waals surface area contributed by atoms with Crippen molar-refractivity contribution in [2.45, 2.75) is 25.8 Å². The molecule has 14 heavy (non-hydrogen) atoms. The van der Waals surface area contributed by atoms with Gasteiger partial charge in [0.15, 0.2) is 0 Å². The molecule has 1 aliphatic heterocycles. The Bertz CT molecular complexity index is 242. The Hall–Kier alpha value is -1.10. The summed E-state index contributed by atoms with van der Waals surface area (Å²) in [6.07, 6.45) is 0.847. The maximum Gasteiger partial charge on any atom is 0.240 e. The van der Waals surface area contributed by atoms with Gasteiger partial charge in [0, 0.05) is 25.5 Å².